The molecule has 1 heterocycles. The Bertz CT molecular complexity index is 1080. The summed E-state index contributed by atoms with van der Waals surface area (Å²) in [6, 6.07) is 7.62. The Morgan fingerprint density at radius 1 is 1.10 bits per heavy atom. The molecular formula is C20H13F5N2OS. The van der Waals surface area contributed by atoms with Crippen LogP contribution < -0.4 is 5.32 Å². The summed E-state index contributed by atoms with van der Waals surface area (Å²) in [4.78, 5) is 16.8. The van der Waals surface area contributed by atoms with Gasteiger partial charge in [-0.3, -0.25) is 10.1 Å². The minimum absolute atomic E-state index is 0.0249. The molecule has 1 aromatic heterocycles. The van der Waals surface area contributed by atoms with Gasteiger partial charge in [-0.1, -0.05) is 36.1 Å². The van der Waals surface area contributed by atoms with E-state index in [0.29, 0.717) is 10.5 Å². The lowest BCUT2D eigenvalue weighted by molar-refractivity contribution is -0.137. The highest BCUT2D eigenvalue weighted by Crippen LogP contribution is 2.39. The first kappa shape index (κ1) is 20.7. The number of halogens is 5. The van der Waals surface area contributed by atoms with Crippen LogP contribution in [0.5, 0.6) is 0 Å². The van der Waals surface area contributed by atoms with Crippen LogP contribution in [-0.2, 0) is 6.18 Å². The Kier molecular flexibility index (Phi) is 5.52. The number of thiazole rings is 1. The molecule has 3 aromatic rings. The summed E-state index contributed by atoms with van der Waals surface area (Å²) < 4.78 is 66.7. The van der Waals surface area contributed by atoms with Gasteiger partial charge in [0.1, 0.15) is 17.2 Å². The Hall–Kier alpha value is -3.07. The van der Waals surface area contributed by atoms with Crippen molar-refractivity contribution in [3.63, 3.8) is 0 Å². The van der Waals surface area contributed by atoms with E-state index in [1.54, 1.807) is 6.92 Å². The lowest BCUT2D eigenvalue weighted by atomic mass is 10.1. The first-order chi connectivity index (χ1) is 13.6. The Labute approximate surface area is 166 Å². The maximum absolute atomic E-state index is 13.8. The summed E-state index contributed by atoms with van der Waals surface area (Å²) in [7, 11) is 0. The molecule has 1 amide bonds. The summed E-state index contributed by atoms with van der Waals surface area (Å²) >= 11 is 0.879. The number of anilines is 1. The normalized spacial score (nSPS) is 11.4. The van der Waals surface area contributed by atoms with E-state index in [4.69, 9.17) is 0 Å². The molecule has 29 heavy (non-hydrogen) atoms. The van der Waals surface area contributed by atoms with Gasteiger partial charge in [-0.25, -0.2) is 13.8 Å². The number of hydrogen-bond acceptors (Lipinski definition) is 3. The van der Waals surface area contributed by atoms with Crippen LogP contribution in [0.1, 0.15) is 28.5 Å². The molecule has 0 radical (unpaired) electrons. The maximum atomic E-state index is 13.8. The molecule has 3 nitrogen and oxygen atoms in total. The number of benzene rings is 2. The molecule has 9 heteroatoms. The van der Waals surface area contributed by atoms with Gasteiger partial charge in [-0.05, 0) is 42.3 Å². The first-order valence-corrected chi connectivity index (χ1v) is 8.99. The SMILES string of the molecule is C=C(C)c1nc(NC(=O)c2c(F)cccc2F)sc1-c1cccc(C(F)(F)F)c1. The molecule has 0 unspecified atom stereocenters. The fraction of sp³-hybridized carbons (Fsp3) is 0.100. The van der Waals surface area contributed by atoms with Crippen molar-refractivity contribution in [2.24, 2.45) is 0 Å². The molecule has 0 bridgehead atoms. The van der Waals surface area contributed by atoms with Gasteiger partial charge in [0.05, 0.1) is 16.1 Å². The summed E-state index contributed by atoms with van der Waals surface area (Å²) in [6.07, 6.45) is -4.52. The zero-order chi connectivity index (χ0) is 21.3. The molecule has 3 rings (SSSR count). The van der Waals surface area contributed by atoms with Gasteiger partial charge in [0.15, 0.2) is 5.13 Å². The Morgan fingerprint density at radius 3 is 2.31 bits per heavy atom. The van der Waals surface area contributed by atoms with Gasteiger partial charge in [0.25, 0.3) is 5.91 Å². The zero-order valence-corrected chi connectivity index (χ0v) is 15.7. The molecule has 0 aliphatic carbocycles. The average molecular weight is 424 g/mol. The van der Waals surface area contributed by atoms with Crippen molar-refractivity contribution in [3.8, 4) is 10.4 Å². The highest BCUT2D eigenvalue weighted by Gasteiger charge is 2.31. The number of rotatable bonds is 4. The van der Waals surface area contributed by atoms with Crippen molar-refractivity contribution in [2.45, 2.75) is 13.1 Å². The molecule has 0 aliphatic rings. The smallest absolute Gasteiger partial charge is 0.298 e. The lowest BCUT2D eigenvalue weighted by Crippen LogP contribution is -2.15. The van der Waals surface area contributed by atoms with Gasteiger partial charge in [-0.15, -0.1) is 0 Å². The minimum Gasteiger partial charge on any atom is -0.298 e. The van der Waals surface area contributed by atoms with Crippen molar-refractivity contribution in [2.75, 3.05) is 5.32 Å². The van der Waals surface area contributed by atoms with Gasteiger partial charge in [-0.2, -0.15) is 13.2 Å². The molecule has 0 spiro atoms. The number of amides is 1. The zero-order valence-electron chi connectivity index (χ0n) is 14.9. The number of nitrogens with zero attached hydrogens (tertiary/aromatic N) is 1. The van der Waals surface area contributed by atoms with Crippen molar-refractivity contribution in [3.05, 3.63) is 77.5 Å². The topological polar surface area (TPSA) is 42.0 Å². The Morgan fingerprint density at radius 2 is 1.72 bits per heavy atom. The largest absolute Gasteiger partial charge is 0.416 e. The summed E-state index contributed by atoms with van der Waals surface area (Å²) in [6.45, 7) is 5.36. The lowest BCUT2D eigenvalue weighted by Gasteiger charge is -2.08. The standard InChI is InChI=1S/C20H13F5N2OS/c1-10(2)16-17(11-5-3-6-12(9-11)20(23,24)25)29-19(26-16)27-18(28)15-13(21)7-4-8-14(15)22/h3-9H,1H2,2H3,(H,26,27,28). The molecule has 1 N–H and O–H groups in total. The number of allylic oxidation sites excluding steroid dienone is 1. The average Bonchev–Trinajstić information content (AvgIpc) is 3.05. The molecule has 0 aliphatic heterocycles. The number of alkyl halides is 3. The van der Waals surface area contributed by atoms with Crippen LogP contribution >= 0.6 is 11.3 Å². The second kappa shape index (κ2) is 7.75. The van der Waals surface area contributed by atoms with Crippen molar-refractivity contribution >= 4 is 27.9 Å². The fourth-order valence-electron chi connectivity index (χ4n) is 2.57. The molecule has 0 saturated heterocycles. The van der Waals surface area contributed by atoms with Gasteiger partial charge in [0, 0.05) is 0 Å². The highest BCUT2D eigenvalue weighted by atomic mass is 32.1. The molecule has 2 aromatic carbocycles. The number of hydrogen-bond donors (Lipinski definition) is 1. The molecular weight excluding hydrogens is 411 g/mol. The predicted octanol–water partition coefficient (Wildman–Crippen LogP) is 6.39. The van der Waals surface area contributed by atoms with Gasteiger partial charge < -0.3 is 0 Å². The van der Waals surface area contributed by atoms with Gasteiger partial charge >= 0.3 is 6.18 Å². The van der Waals surface area contributed by atoms with E-state index < -0.39 is 34.8 Å². The summed E-state index contributed by atoms with van der Waals surface area (Å²) in [5, 5.41) is 2.27. The summed E-state index contributed by atoms with van der Waals surface area (Å²) in [5.41, 5.74) is -0.659. The van der Waals surface area contributed by atoms with Crippen LogP contribution in [0.25, 0.3) is 16.0 Å². The maximum Gasteiger partial charge on any atom is 0.416 e. The van der Waals surface area contributed by atoms with E-state index in [1.807, 2.05) is 0 Å². The summed E-state index contributed by atoms with van der Waals surface area (Å²) in [5.74, 6) is -3.15. The van der Waals surface area contributed by atoms with Crippen LogP contribution in [-0.4, -0.2) is 10.9 Å². The van der Waals surface area contributed by atoms with E-state index in [2.05, 4.69) is 16.9 Å². The quantitative estimate of drug-likeness (QED) is 0.493. The van der Waals surface area contributed by atoms with E-state index in [1.165, 1.54) is 12.1 Å². The van der Waals surface area contributed by atoms with Gasteiger partial charge in [0.2, 0.25) is 0 Å². The number of carbonyl (C=O) groups is 1. The molecule has 0 atom stereocenters. The minimum atomic E-state index is -4.52. The first-order valence-electron chi connectivity index (χ1n) is 8.17. The van der Waals surface area contributed by atoms with Crippen LogP contribution in [0, 0.1) is 11.6 Å². The number of aromatic nitrogens is 1. The van der Waals surface area contributed by atoms with E-state index in [9.17, 15) is 26.7 Å². The van der Waals surface area contributed by atoms with E-state index in [0.717, 1.165) is 41.7 Å². The van der Waals surface area contributed by atoms with Crippen LogP contribution in [0.2, 0.25) is 0 Å². The van der Waals surface area contributed by atoms with Crippen LogP contribution in [0.4, 0.5) is 27.1 Å². The van der Waals surface area contributed by atoms with Crippen LogP contribution in [0.15, 0.2) is 49.0 Å². The van der Waals surface area contributed by atoms with Crippen molar-refractivity contribution < 1.29 is 26.7 Å². The molecule has 150 valence electrons. The third-order valence-corrected chi connectivity index (χ3v) is 4.91. The second-order valence-corrected chi connectivity index (χ2v) is 7.11. The van der Waals surface area contributed by atoms with Crippen molar-refractivity contribution in [1.82, 2.24) is 4.98 Å². The fourth-order valence-corrected chi connectivity index (χ4v) is 3.60. The monoisotopic (exact) mass is 424 g/mol. The second-order valence-electron chi connectivity index (χ2n) is 6.11. The third-order valence-electron chi connectivity index (χ3n) is 3.89. The van der Waals surface area contributed by atoms with Crippen LogP contribution in [0.3, 0.4) is 0 Å². The van der Waals surface area contributed by atoms with E-state index >= 15 is 0 Å². The number of nitrogens with one attached hydrogen (secondary N) is 1. The highest BCUT2D eigenvalue weighted by molar-refractivity contribution is 7.19. The third kappa shape index (κ3) is 4.34. The number of carbonyl (C=O) groups excluding carboxylic acids is 1. The molecule has 0 saturated carbocycles. The molecule has 0 fully saturated rings. The van der Waals surface area contributed by atoms with Crippen molar-refractivity contribution in [1.29, 1.82) is 0 Å². The van der Waals surface area contributed by atoms with E-state index in [-0.39, 0.29) is 16.4 Å². The predicted molar refractivity (Wildman–Crippen MR) is 102 cm³/mol. The Balaban J connectivity index is 2.00.